The Bertz CT molecular complexity index is 737. The van der Waals surface area contributed by atoms with Crippen molar-refractivity contribution in [3.63, 3.8) is 0 Å². The van der Waals surface area contributed by atoms with Crippen LogP contribution >= 0.6 is 23.2 Å². The van der Waals surface area contributed by atoms with E-state index in [4.69, 9.17) is 33.4 Å². The Labute approximate surface area is 113 Å². The van der Waals surface area contributed by atoms with Crippen molar-refractivity contribution in [2.75, 3.05) is 5.73 Å². The smallest absolute Gasteiger partial charge is 0.227 e. The topological polar surface area (TPSA) is 52.0 Å². The molecule has 0 aliphatic heterocycles. The molecule has 18 heavy (non-hydrogen) atoms. The van der Waals surface area contributed by atoms with E-state index in [1.165, 1.54) is 0 Å². The van der Waals surface area contributed by atoms with Crippen molar-refractivity contribution in [1.29, 1.82) is 0 Å². The molecule has 0 fully saturated rings. The van der Waals surface area contributed by atoms with E-state index in [1.807, 2.05) is 12.1 Å². The number of nitrogen functional groups attached to an aromatic ring is 1. The quantitative estimate of drug-likeness (QED) is 0.672. The molecule has 1 heterocycles. The normalized spacial score (nSPS) is 11.0. The molecular weight excluding hydrogens is 271 g/mol. The zero-order valence-electron chi connectivity index (χ0n) is 9.15. The van der Waals surface area contributed by atoms with Crippen molar-refractivity contribution in [1.82, 2.24) is 4.98 Å². The van der Waals surface area contributed by atoms with Gasteiger partial charge in [0.25, 0.3) is 0 Å². The van der Waals surface area contributed by atoms with Gasteiger partial charge in [0.15, 0.2) is 5.58 Å². The standard InChI is InChI=1S/C13H8Cl2N2O/c14-9-4-5-10-12(11(9)15)18-13(17-10)7-2-1-3-8(16)6-7/h1-6H,16H2. The van der Waals surface area contributed by atoms with Gasteiger partial charge >= 0.3 is 0 Å². The largest absolute Gasteiger partial charge is 0.434 e. The highest BCUT2D eigenvalue weighted by atomic mass is 35.5. The van der Waals surface area contributed by atoms with Crippen LogP contribution in [0.15, 0.2) is 40.8 Å². The highest BCUT2D eigenvalue weighted by Crippen LogP contribution is 2.33. The summed E-state index contributed by atoms with van der Waals surface area (Å²) < 4.78 is 5.64. The van der Waals surface area contributed by atoms with Crippen molar-refractivity contribution < 1.29 is 4.42 Å². The summed E-state index contributed by atoms with van der Waals surface area (Å²) >= 11 is 12.0. The van der Waals surface area contributed by atoms with E-state index in [-0.39, 0.29) is 0 Å². The lowest BCUT2D eigenvalue weighted by Gasteiger charge is -1.96. The minimum Gasteiger partial charge on any atom is -0.434 e. The molecule has 5 heteroatoms. The maximum absolute atomic E-state index is 6.07. The fourth-order valence-corrected chi connectivity index (χ4v) is 2.08. The number of fused-ring (bicyclic) bond motifs is 1. The molecule has 0 amide bonds. The first-order valence-electron chi connectivity index (χ1n) is 5.25. The number of benzene rings is 2. The number of hydrogen-bond acceptors (Lipinski definition) is 3. The highest BCUT2D eigenvalue weighted by molar-refractivity contribution is 6.44. The predicted molar refractivity (Wildman–Crippen MR) is 73.9 cm³/mol. The van der Waals surface area contributed by atoms with Crippen LogP contribution in [0.1, 0.15) is 0 Å². The van der Waals surface area contributed by atoms with Crippen LogP contribution in [0.2, 0.25) is 10.0 Å². The predicted octanol–water partition coefficient (Wildman–Crippen LogP) is 4.38. The molecule has 3 rings (SSSR count). The third-order valence-corrected chi connectivity index (χ3v) is 3.37. The summed E-state index contributed by atoms with van der Waals surface area (Å²) in [7, 11) is 0. The zero-order valence-corrected chi connectivity index (χ0v) is 10.7. The average molecular weight is 279 g/mol. The van der Waals surface area contributed by atoms with E-state index in [0.29, 0.717) is 32.7 Å². The molecule has 3 aromatic rings. The molecule has 0 spiro atoms. The molecule has 0 saturated carbocycles. The molecule has 2 N–H and O–H groups in total. The second kappa shape index (κ2) is 4.19. The van der Waals surface area contributed by atoms with Crippen LogP contribution in [0.3, 0.4) is 0 Å². The SMILES string of the molecule is Nc1cccc(-c2nc3ccc(Cl)c(Cl)c3o2)c1. The Hall–Kier alpha value is -1.71. The molecule has 0 saturated heterocycles. The van der Waals surface area contributed by atoms with Gasteiger partial charge in [-0.3, -0.25) is 0 Å². The molecule has 1 aromatic heterocycles. The average Bonchev–Trinajstić information content (AvgIpc) is 2.79. The van der Waals surface area contributed by atoms with Gasteiger partial charge in [-0.25, -0.2) is 4.98 Å². The van der Waals surface area contributed by atoms with Crippen LogP contribution in [-0.4, -0.2) is 4.98 Å². The molecule has 90 valence electrons. The molecule has 2 aromatic carbocycles. The second-order valence-electron chi connectivity index (χ2n) is 3.85. The summed E-state index contributed by atoms with van der Waals surface area (Å²) in [6.07, 6.45) is 0. The maximum atomic E-state index is 6.07. The minimum absolute atomic E-state index is 0.372. The van der Waals surface area contributed by atoms with Gasteiger partial charge in [0.1, 0.15) is 10.5 Å². The number of hydrogen-bond donors (Lipinski definition) is 1. The molecule has 0 bridgehead atoms. The van der Waals surface area contributed by atoms with Gasteiger partial charge in [-0.1, -0.05) is 29.3 Å². The van der Waals surface area contributed by atoms with E-state index in [1.54, 1.807) is 24.3 Å². The van der Waals surface area contributed by atoms with Gasteiger partial charge in [-0.2, -0.15) is 0 Å². The van der Waals surface area contributed by atoms with Crippen molar-refractivity contribution >= 4 is 40.0 Å². The van der Waals surface area contributed by atoms with Crippen LogP contribution in [0.5, 0.6) is 0 Å². The van der Waals surface area contributed by atoms with Crippen LogP contribution in [0.4, 0.5) is 5.69 Å². The summed E-state index contributed by atoms with van der Waals surface area (Å²) in [5, 5.41) is 0.816. The molecule has 0 unspecified atom stereocenters. The monoisotopic (exact) mass is 278 g/mol. The molecule has 3 nitrogen and oxygen atoms in total. The minimum atomic E-state index is 0.372. The number of oxazole rings is 1. The van der Waals surface area contributed by atoms with Gasteiger partial charge in [-0.05, 0) is 30.3 Å². The van der Waals surface area contributed by atoms with E-state index < -0.39 is 0 Å². The molecule has 0 aliphatic carbocycles. The molecule has 0 atom stereocenters. The van der Waals surface area contributed by atoms with E-state index in [2.05, 4.69) is 4.98 Å². The Balaban J connectivity index is 2.23. The summed E-state index contributed by atoms with van der Waals surface area (Å²) in [6, 6.07) is 10.8. The van der Waals surface area contributed by atoms with Crippen molar-refractivity contribution in [2.24, 2.45) is 0 Å². The Morgan fingerprint density at radius 3 is 2.72 bits per heavy atom. The van der Waals surface area contributed by atoms with Gasteiger partial charge in [-0.15, -0.1) is 0 Å². The summed E-state index contributed by atoms with van der Waals surface area (Å²) in [4.78, 5) is 4.36. The Kier molecular flexibility index (Phi) is 2.65. The number of halogens is 2. The lowest BCUT2D eigenvalue weighted by molar-refractivity contribution is 0.620. The van der Waals surface area contributed by atoms with Crippen molar-refractivity contribution in [3.05, 3.63) is 46.4 Å². The van der Waals surface area contributed by atoms with Crippen molar-refractivity contribution in [3.8, 4) is 11.5 Å². The van der Waals surface area contributed by atoms with Crippen molar-refractivity contribution in [2.45, 2.75) is 0 Å². The van der Waals surface area contributed by atoms with Gasteiger partial charge in [0, 0.05) is 11.3 Å². The van der Waals surface area contributed by atoms with E-state index in [0.717, 1.165) is 5.56 Å². The Morgan fingerprint density at radius 1 is 1.11 bits per heavy atom. The third kappa shape index (κ3) is 1.82. The number of nitrogens with zero attached hydrogens (tertiary/aromatic N) is 1. The summed E-state index contributed by atoms with van der Waals surface area (Å²) in [5.74, 6) is 0.474. The first kappa shape index (κ1) is 11.4. The lowest BCUT2D eigenvalue weighted by Crippen LogP contribution is -1.84. The number of nitrogens with two attached hydrogens (primary N) is 1. The van der Waals surface area contributed by atoms with E-state index in [9.17, 15) is 0 Å². The summed E-state index contributed by atoms with van der Waals surface area (Å²) in [6.45, 7) is 0. The van der Waals surface area contributed by atoms with Crippen LogP contribution in [0.25, 0.3) is 22.6 Å². The number of aromatic nitrogens is 1. The Morgan fingerprint density at radius 2 is 1.94 bits per heavy atom. The van der Waals surface area contributed by atoms with E-state index >= 15 is 0 Å². The first-order chi connectivity index (χ1) is 8.65. The van der Waals surface area contributed by atoms with Crippen LogP contribution in [0, 0.1) is 0 Å². The zero-order chi connectivity index (χ0) is 12.7. The highest BCUT2D eigenvalue weighted by Gasteiger charge is 2.13. The van der Waals surface area contributed by atoms with Gasteiger partial charge in [0.2, 0.25) is 5.89 Å². The molecule has 0 aliphatic rings. The summed E-state index contributed by atoms with van der Waals surface area (Å²) in [5.41, 5.74) is 8.34. The van der Waals surface area contributed by atoms with Crippen LogP contribution in [-0.2, 0) is 0 Å². The number of rotatable bonds is 1. The lowest BCUT2D eigenvalue weighted by atomic mass is 10.2. The third-order valence-electron chi connectivity index (χ3n) is 2.58. The van der Waals surface area contributed by atoms with Gasteiger partial charge in [0.05, 0.1) is 5.02 Å². The number of anilines is 1. The molecular formula is C13H8Cl2N2O. The fraction of sp³-hybridized carbons (Fsp3) is 0. The fourth-order valence-electron chi connectivity index (χ4n) is 1.73. The first-order valence-corrected chi connectivity index (χ1v) is 6.01. The maximum Gasteiger partial charge on any atom is 0.227 e. The van der Waals surface area contributed by atoms with Crippen LogP contribution < -0.4 is 5.73 Å². The van der Waals surface area contributed by atoms with Gasteiger partial charge < -0.3 is 10.2 Å². The second-order valence-corrected chi connectivity index (χ2v) is 4.64. The molecule has 0 radical (unpaired) electrons.